The van der Waals surface area contributed by atoms with Crippen molar-refractivity contribution in [1.82, 2.24) is 4.90 Å². The molecule has 0 heterocycles. The van der Waals surface area contributed by atoms with Gasteiger partial charge in [-0.1, -0.05) is 13.8 Å². The molecule has 0 aromatic heterocycles. The maximum atomic E-state index is 11.1. The normalized spacial score (nSPS) is 9.86. The van der Waals surface area contributed by atoms with Gasteiger partial charge in [-0.2, -0.15) is 5.26 Å². The second-order valence-electron chi connectivity index (χ2n) is 2.91. The maximum Gasteiger partial charge on any atom is 0.307 e. The molecule has 0 radical (unpaired) electrons. The molecule has 0 rings (SSSR count). The molecule has 0 aromatic carbocycles. The first kappa shape index (κ1) is 12.9. The van der Waals surface area contributed by atoms with Gasteiger partial charge in [0.05, 0.1) is 18.9 Å². The lowest BCUT2D eigenvalue weighted by molar-refractivity contribution is -0.143. The summed E-state index contributed by atoms with van der Waals surface area (Å²) in [6.07, 6.45) is 0.685. The predicted octanol–water partition coefficient (Wildman–Crippen LogP) is 1.18. The van der Waals surface area contributed by atoms with E-state index in [0.29, 0.717) is 6.42 Å². The number of nitrogens with zero attached hydrogens (tertiary/aromatic N) is 2. The zero-order valence-electron chi connectivity index (χ0n) is 8.95. The summed E-state index contributed by atoms with van der Waals surface area (Å²) in [5.41, 5.74) is 0. The van der Waals surface area contributed by atoms with Crippen LogP contribution in [0.1, 0.15) is 26.7 Å². The molecule has 0 aliphatic heterocycles. The minimum absolute atomic E-state index is 0.216. The second-order valence-corrected chi connectivity index (χ2v) is 2.91. The van der Waals surface area contributed by atoms with Gasteiger partial charge in [-0.25, -0.2) is 0 Å². The monoisotopic (exact) mass is 198 g/mol. The smallest absolute Gasteiger partial charge is 0.307 e. The van der Waals surface area contributed by atoms with Crippen LogP contribution in [-0.4, -0.2) is 37.1 Å². The van der Waals surface area contributed by atoms with E-state index in [4.69, 9.17) is 10.00 Å². The zero-order valence-corrected chi connectivity index (χ0v) is 8.95. The van der Waals surface area contributed by atoms with E-state index in [1.807, 2.05) is 6.07 Å². The first-order valence-corrected chi connectivity index (χ1v) is 4.99. The molecular formula is C10H18N2O2. The fourth-order valence-corrected chi connectivity index (χ4v) is 1.07. The minimum Gasteiger partial charge on any atom is -0.465 e. The van der Waals surface area contributed by atoms with Gasteiger partial charge in [0.15, 0.2) is 0 Å². The molecule has 80 valence electrons. The highest BCUT2D eigenvalue weighted by Crippen LogP contribution is 1.93. The minimum atomic E-state index is -0.216. The van der Waals surface area contributed by atoms with Gasteiger partial charge in [-0.05, 0) is 13.1 Å². The summed E-state index contributed by atoms with van der Waals surface area (Å²) >= 11 is 0. The van der Waals surface area contributed by atoms with Crippen LogP contribution in [0.5, 0.6) is 0 Å². The summed E-state index contributed by atoms with van der Waals surface area (Å²) in [6, 6.07) is 1.92. The van der Waals surface area contributed by atoms with Gasteiger partial charge in [0.2, 0.25) is 0 Å². The highest BCUT2D eigenvalue weighted by Gasteiger charge is 2.05. The number of carbonyl (C=O) groups is 1. The van der Waals surface area contributed by atoms with E-state index >= 15 is 0 Å². The first-order valence-electron chi connectivity index (χ1n) is 4.99. The molecule has 0 saturated carbocycles. The van der Waals surface area contributed by atoms with E-state index in [1.165, 1.54) is 0 Å². The Kier molecular flexibility index (Phi) is 7.86. The lowest BCUT2D eigenvalue weighted by atomic mass is 10.4. The molecule has 0 aliphatic carbocycles. The molecule has 4 heteroatoms. The van der Waals surface area contributed by atoms with Crippen molar-refractivity contribution in [2.45, 2.75) is 26.7 Å². The van der Waals surface area contributed by atoms with Crippen LogP contribution >= 0.6 is 0 Å². The molecule has 4 nitrogen and oxygen atoms in total. The molecule has 0 fully saturated rings. The Morgan fingerprint density at radius 1 is 1.43 bits per heavy atom. The van der Waals surface area contributed by atoms with Crippen LogP contribution < -0.4 is 0 Å². The number of carbonyl (C=O) groups excluding carboxylic acids is 1. The van der Waals surface area contributed by atoms with E-state index in [0.717, 1.165) is 19.6 Å². The Balaban J connectivity index is 3.48. The van der Waals surface area contributed by atoms with Crippen LogP contribution in [0, 0.1) is 11.3 Å². The van der Waals surface area contributed by atoms with E-state index < -0.39 is 0 Å². The molecule has 14 heavy (non-hydrogen) atoms. The highest BCUT2D eigenvalue weighted by atomic mass is 16.5. The molecule has 0 amide bonds. The zero-order chi connectivity index (χ0) is 10.8. The Labute approximate surface area is 85.5 Å². The molecule has 0 saturated heterocycles. The van der Waals surface area contributed by atoms with Gasteiger partial charge in [-0.15, -0.1) is 0 Å². The van der Waals surface area contributed by atoms with Crippen LogP contribution in [0.15, 0.2) is 0 Å². The topological polar surface area (TPSA) is 53.3 Å². The summed E-state index contributed by atoms with van der Waals surface area (Å²) in [5, 5.41) is 8.22. The van der Waals surface area contributed by atoms with Crippen LogP contribution in [0.2, 0.25) is 0 Å². The maximum absolute atomic E-state index is 11.1. The largest absolute Gasteiger partial charge is 0.465 e. The summed E-state index contributed by atoms with van der Waals surface area (Å²) in [7, 11) is 0. The summed E-state index contributed by atoms with van der Waals surface area (Å²) < 4.78 is 4.83. The average molecular weight is 198 g/mol. The van der Waals surface area contributed by atoms with Crippen molar-refractivity contribution in [1.29, 1.82) is 5.26 Å². The first-order chi connectivity index (χ1) is 6.74. The van der Waals surface area contributed by atoms with Crippen molar-refractivity contribution in [3.8, 4) is 6.07 Å². The van der Waals surface area contributed by atoms with Crippen molar-refractivity contribution < 1.29 is 9.53 Å². The Morgan fingerprint density at radius 3 is 2.57 bits per heavy atom. The Hall–Kier alpha value is -1.08. The van der Waals surface area contributed by atoms with Crippen molar-refractivity contribution in [3.05, 3.63) is 0 Å². The van der Waals surface area contributed by atoms with Gasteiger partial charge < -0.3 is 9.64 Å². The lowest BCUT2D eigenvalue weighted by Gasteiger charge is -2.16. The molecule has 0 aromatic rings. The van der Waals surface area contributed by atoms with Gasteiger partial charge in [0.25, 0.3) is 0 Å². The molecule has 0 aliphatic rings. The van der Waals surface area contributed by atoms with Crippen LogP contribution in [0.3, 0.4) is 0 Å². The lowest BCUT2D eigenvalue weighted by Crippen LogP contribution is -2.26. The second kappa shape index (κ2) is 8.52. The standard InChI is InChI=1S/C10H18N2O2/c1-3-12(4-2)8-6-10(13)14-9-5-7-11/h3-6,8-9H2,1-2H3. The van der Waals surface area contributed by atoms with E-state index in [9.17, 15) is 4.79 Å². The third-order valence-corrected chi connectivity index (χ3v) is 2.00. The number of ether oxygens (including phenoxy) is 1. The molecule has 0 N–H and O–H groups in total. The number of hydrogen-bond donors (Lipinski definition) is 0. The SMILES string of the molecule is CCN(CC)CCC(=O)OCCC#N. The van der Waals surface area contributed by atoms with Crippen LogP contribution in [0.25, 0.3) is 0 Å². The predicted molar refractivity (Wildman–Crippen MR) is 53.6 cm³/mol. The molecule has 0 atom stereocenters. The fourth-order valence-electron chi connectivity index (χ4n) is 1.07. The van der Waals surface area contributed by atoms with Gasteiger partial charge >= 0.3 is 5.97 Å². The van der Waals surface area contributed by atoms with Crippen molar-refractivity contribution in [2.75, 3.05) is 26.2 Å². The summed E-state index contributed by atoms with van der Waals surface area (Å²) in [5.74, 6) is -0.216. The van der Waals surface area contributed by atoms with E-state index in [1.54, 1.807) is 0 Å². The van der Waals surface area contributed by atoms with E-state index in [-0.39, 0.29) is 19.0 Å². The Bertz CT molecular complexity index is 195. The molecular weight excluding hydrogens is 180 g/mol. The van der Waals surface area contributed by atoms with E-state index in [2.05, 4.69) is 18.7 Å². The fraction of sp³-hybridized carbons (Fsp3) is 0.800. The molecule has 0 unspecified atom stereocenters. The third kappa shape index (κ3) is 6.44. The number of esters is 1. The highest BCUT2D eigenvalue weighted by molar-refractivity contribution is 5.69. The average Bonchev–Trinajstić information content (AvgIpc) is 2.20. The van der Waals surface area contributed by atoms with Crippen LogP contribution in [-0.2, 0) is 9.53 Å². The van der Waals surface area contributed by atoms with Gasteiger partial charge in [0, 0.05) is 6.54 Å². The van der Waals surface area contributed by atoms with Crippen molar-refractivity contribution in [3.63, 3.8) is 0 Å². The molecule has 0 spiro atoms. The number of hydrogen-bond acceptors (Lipinski definition) is 4. The quantitative estimate of drug-likeness (QED) is 0.455. The summed E-state index contributed by atoms with van der Waals surface area (Å²) in [4.78, 5) is 13.3. The number of rotatable bonds is 7. The van der Waals surface area contributed by atoms with Crippen LogP contribution in [0.4, 0.5) is 0 Å². The van der Waals surface area contributed by atoms with Gasteiger partial charge in [0.1, 0.15) is 6.61 Å². The summed E-state index contributed by atoms with van der Waals surface area (Å²) in [6.45, 7) is 6.96. The third-order valence-electron chi connectivity index (χ3n) is 2.00. The number of nitriles is 1. The van der Waals surface area contributed by atoms with Crippen molar-refractivity contribution in [2.24, 2.45) is 0 Å². The molecule has 0 bridgehead atoms. The van der Waals surface area contributed by atoms with Gasteiger partial charge in [-0.3, -0.25) is 4.79 Å². The Morgan fingerprint density at radius 2 is 2.07 bits per heavy atom. The van der Waals surface area contributed by atoms with Crippen molar-refractivity contribution >= 4 is 5.97 Å².